The van der Waals surface area contributed by atoms with Crippen LogP contribution in [0.3, 0.4) is 0 Å². The molecule has 11 heteroatoms. The van der Waals surface area contributed by atoms with E-state index in [0.29, 0.717) is 49.1 Å². The molecule has 0 unspecified atom stereocenters. The average Bonchev–Trinajstić information content (AvgIpc) is 3.43. The Morgan fingerprint density at radius 1 is 1.23 bits per heavy atom. The minimum absolute atomic E-state index is 0.00391. The zero-order chi connectivity index (χ0) is 23.8. The van der Waals surface area contributed by atoms with E-state index in [0.717, 1.165) is 16.7 Å². The Balaban J connectivity index is 1.03. The van der Waals surface area contributed by atoms with Gasteiger partial charge in [0.05, 0.1) is 12.7 Å². The summed E-state index contributed by atoms with van der Waals surface area (Å²) in [7, 11) is 0. The summed E-state index contributed by atoms with van der Waals surface area (Å²) in [5.41, 5.74) is 3.23. The first kappa shape index (κ1) is 21.4. The zero-order valence-corrected chi connectivity index (χ0v) is 18.6. The fraction of sp³-hybridized carbons (Fsp3) is 0.292. The van der Waals surface area contributed by atoms with E-state index in [2.05, 4.69) is 31.9 Å². The number of fused-ring (bicyclic) bond motifs is 2. The first-order valence-electron chi connectivity index (χ1n) is 11.2. The molecule has 176 valence electrons. The fourth-order valence-electron chi connectivity index (χ4n) is 4.36. The number of pyridine rings is 1. The maximum Gasteiger partial charge on any atom is 0.263 e. The highest BCUT2D eigenvalue weighted by Gasteiger charge is 2.58. The van der Waals surface area contributed by atoms with Crippen LogP contribution in [0.5, 0.6) is 5.75 Å². The van der Waals surface area contributed by atoms with Crippen LogP contribution in [0, 0.1) is 11.3 Å². The Hall–Kier alpha value is -4.11. The first-order chi connectivity index (χ1) is 17.1. The molecule has 1 aromatic carbocycles. The Labute approximate surface area is 200 Å². The van der Waals surface area contributed by atoms with E-state index in [9.17, 15) is 4.79 Å². The molecule has 11 nitrogen and oxygen atoms in total. The van der Waals surface area contributed by atoms with Crippen LogP contribution in [0.1, 0.15) is 17.7 Å². The smallest absolute Gasteiger partial charge is 0.263 e. The number of nitriles is 1. The van der Waals surface area contributed by atoms with Crippen LogP contribution in [-0.4, -0.2) is 53.0 Å². The van der Waals surface area contributed by atoms with Crippen LogP contribution in [0.25, 0.3) is 11.1 Å². The van der Waals surface area contributed by atoms with Gasteiger partial charge in [-0.25, -0.2) is 4.98 Å². The Morgan fingerprint density at radius 2 is 2.14 bits per heavy atom. The number of carbonyl (C=O) groups excluding carboxylic acids is 1. The average molecular weight is 471 g/mol. The van der Waals surface area contributed by atoms with Crippen LogP contribution < -0.4 is 20.3 Å². The van der Waals surface area contributed by atoms with Gasteiger partial charge in [-0.15, -0.1) is 5.10 Å². The lowest BCUT2D eigenvalue weighted by Gasteiger charge is -2.37. The summed E-state index contributed by atoms with van der Waals surface area (Å²) >= 11 is 0. The molecule has 6 heterocycles. The quantitative estimate of drug-likeness (QED) is 0.491. The monoisotopic (exact) mass is 471 g/mol. The Morgan fingerprint density at radius 3 is 3.03 bits per heavy atom. The molecule has 3 saturated heterocycles. The van der Waals surface area contributed by atoms with E-state index in [1.54, 1.807) is 18.3 Å². The fourth-order valence-corrected chi connectivity index (χ4v) is 4.36. The minimum atomic E-state index is -0.673. The first-order valence-corrected chi connectivity index (χ1v) is 11.2. The molecule has 0 atom stereocenters. The third-order valence-corrected chi connectivity index (χ3v) is 6.09. The molecular formula is C24H21N7O4. The van der Waals surface area contributed by atoms with Crippen molar-refractivity contribution in [2.24, 2.45) is 0 Å². The van der Waals surface area contributed by atoms with Crippen molar-refractivity contribution in [2.75, 3.05) is 29.9 Å². The summed E-state index contributed by atoms with van der Waals surface area (Å²) in [6.07, 6.45) is 1.84. The predicted molar refractivity (Wildman–Crippen MR) is 123 cm³/mol. The van der Waals surface area contributed by atoms with Gasteiger partial charge in [-0.1, -0.05) is 18.2 Å². The number of anilines is 2. The number of nitrogens with zero attached hydrogens (tertiary/aromatic N) is 5. The maximum absolute atomic E-state index is 11.6. The molecule has 0 saturated carbocycles. The van der Waals surface area contributed by atoms with Gasteiger partial charge in [-0.3, -0.25) is 4.79 Å². The molecule has 0 spiro atoms. The predicted octanol–water partition coefficient (Wildman–Crippen LogP) is 1.77. The lowest BCUT2D eigenvalue weighted by molar-refractivity contribution is -0.405. The number of carbonyl (C=O) groups is 1. The van der Waals surface area contributed by atoms with Gasteiger partial charge in [0.2, 0.25) is 6.41 Å². The summed E-state index contributed by atoms with van der Waals surface area (Å²) in [5.74, 6) is 0.724. The van der Waals surface area contributed by atoms with Gasteiger partial charge in [-0.05, 0) is 35.4 Å². The molecule has 3 aromatic rings. The summed E-state index contributed by atoms with van der Waals surface area (Å²) in [6, 6.07) is 15.4. The van der Waals surface area contributed by atoms with E-state index < -0.39 is 12.2 Å². The molecule has 2 aromatic heterocycles. The van der Waals surface area contributed by atoms with Crippen LogP contribution in [0.15, 0.2) is 48.7 Å². The number of hydrogen-bond acceptors (Lipinski definition) is 10. The second kappa shape index (κ2) is 8.59. The molecule has 3 fully saturated rings. The van der Waals surface area contributed by atoms with Crippen molar-refractivity contribution in [2.45, 2.75) is 25.2 Å². The van der Waals surface area contributed by atoms with Crippen molar-refractivity contribution in [1.29, 1.82) is 5.26 Å². The number of aromatic nitrogens is 3. The van der Waals surface area contributed by atoms with Gasteiger partial charge in [0.1, 0.15) is 11.9 Å². The largest absolute Gasteiger partial charge is 0.480 e. The lowest BCUT2D eigenvalue weighted by Crippen LogP contribution is -2.49. The van der Waals surface area contributed by atoms with Crippen molar-refractivity contribution in [3.63, 3.8) is 0 Å². The number of benzene rings is 1. The number of rotatable bonds is 7. The van der Waals surface area contributed by atoms with Crippen LogP contribution in [0.2, 0.25) is 0 Å². The highest BCUT2D eigenvalue weighted by atomic mass is 16.9. The van der Waals surface area contributed by atoms with Gasteiger partial charge in [0, 0.05) is 25.1 Å². The summed E-state index contributed by atoms with van der Waals surface area (Å²) in [5, 5.41) is 22.9. The van der Waals surface area contributed by atoms with E-state index in [1.165, 1.54) is 0 Å². The Kier molecular flexibility index (Phi) is 5.26. The zero-order valence-electron chi connectivity index (χ0n) is 18.6. The van der Waals surface area contributed by atoms with Gasteiger partial charge >= 0.3 is 0 Å². The number of nitrogens with one attached hydrogen (secondary N) is 2. The van der Waals surface area contributed by atoms with Crippen molar-refractivity contribution in [3.8, 4) is 22.9 Å². The van der Waals surface area contributed by atoms with E-state index >= 15 is 0 Å². The number of ether oxygens (including phenoxy) is 3. The molecule has 0 radical (unpaired) electrons. The van der Waals surface area contributed by atoms with Crippen LogP contribution in [-0.2, 0) is 20.8 Å². The number of amides is 1. The van der Waals surface area contributed by atoms with Crippen molar-refractivity contribution >= 4 is 17.5 Å². The normalized spacial score (nSPS) is 22.0. The summed E-state index contributed by atoms with van der Waals surface area (Å²) in [4.78, 5) is 18.0. The van der Waals surface area contributed by atoms with Crippen molar-refractivity contribution < 1.29 is 19.0 Å². The van der Waals surface area contributed by atoms with E-state index in [4.69, 9.17) is 19.5 Å². The molecule has 35 heavy (non-hydrogen) atoms. The second-order valence-corrected chi connectivity index (χ2v) is 8.50. The lowest BCUT2D eigenvalue weighted by atomic mass is 10.0. The molecule has 1 amide bonds. The van der Waals surface area contributed by atoms with Crippen LogP contribution in [0.4, 0.5) is 11.6 Å². The molecular weight excluding hydrogens is 450 g/mol. The second-order valence-electron chi connectivity index (χ2n) is 8.50. The van der Waals surface area contributed by atoms with E-state index in [1.807, 2.05) is 35.2 Å². The maximum atomic E-state index is 11.6. The van der Waals surface area contributed by atoms with Gasteiger partial charge in [-0.2, -0.15) is 10.4 Å². The van der Waals surface area contributed by atoms with Crippen LogP contribution >= 0.6 is 0 Å². The Bertz CT molecular complexity index is 1340. The van der Waals surface area contributed by atoms with Gasteiger partial charge in [0.25, 0.3) is 5.91 Å². The molecule has 2 bridgehead atoms. The highest BCUT2D eigenvalue weighted by Crippen LogP contribution is 2.45. The minimum Gasteiger partial charge on any atom is -0.480 e. The van der Waals surface area contributed by atoms with Gasteiger partial charge < -0.3 is 29.7 Å². The highest BCUT2D eigenvalue weighted by molar-refractivity contribution is 5.94. The van der Waals surface area contributed by atoms with E-state index in [-0.39, 0.29) is 12.5 Å². The third-order valence-electron chi connectivity index (χ3n) is 6.09. The SMILES string of the molecule is N#Cc1cc(-c2cccc(CNCCC34CN(c5ccc6c(n5)NC(=O)CO6)C(O3)O4)c2)cnn1. The summed E-state index contributed by atoms with van der Waals surface area (Å²) in [6.45, 7) is 1.91. The van der Waals surface area contributed by atoms with Crippen molar-refractivity contribution in [3.05, 3.63) is 59.9 Å². The summed E-state index contributed by atoms with van der Waals surface area (Å²) < 4.78 is 17.3. The molecule has 0 aliphatic carbocycles. The number of hydrogen-bond donors (Lipinski definition) is 2. The molecule has 4 aliphatic rings. The molecule has 4 aliphatic heterocycles. The third kappa shape index (κ3) is 4.15. The standard InChI is InChI=1S/C24H21N7O4/c25-10-18-9-17(12-27-30-18)16-3-1-2-15(8-16)11-26-7-6-24-14-31(23(34-24)35-24)20-5-4-19-22(28-20)29-21(32)13-33-19/h1-5,8-9,12,23,26H,6-7,11,13-14H2,(H,28,29,32). The topological polar surface area (TPSA) is 135 Å². The van der Waals surface area contributed by atoms with Gasteiger partial charge in [0.15, 0.2) is 29.7 Å². The molecule has 7 rings (SSSR count). The van der Waals surface area contributed by atoms with Crippen molar-refractivity contribution in [1.82, 2.24) is 20.5 Å². The molecule has 2 N–H and O–H groups in total.